The smallest absolute Gasteiger partial charge is 0.223 e. The van der Waals surface area contributed by atoms with Crippen LogP contribution in [-0.2, 0) is 29.2 Å². The van der Waals surface area contributed by atoms with E-state index in [4.69, 9.17) is 9.72 Å². The molecule has 1 amide bonds. The van der Waals surface area contributed by atoms with Crippen LogP contribution in [0.15, 0.2) is 6.20 Å². The van der Waals surface area contributed by atoms with Gasteiger partial charge in [-0.05, 0) is 31.6 Å². The zero-order valence-electron chi connectivity index (χ0n) is 14.4. The third-order valence-corrected chi connectivity index (χ3v) is 5.71. The number of imidazole rings is 1. The lowest BCUT2D eigenvalue weighted by Gasteiger charge is -2.32. The van der Waals surface area contributed by atoms with Gasteiger partial charge in [-0.15, -0.1) is 0 Å². The molecule has 6 heteroatoms. The molecule has 0 unspecified atom stereocenters. The molecule has 132 valence electrons. The zero-order valence-corrected chi connectivity index (χ0v) is 14.4. The number of rotatable bonds is 5. The summed E-state index contributed by atoms with van der Waals surface area (Å²) in [4.78, 5) is 19.2. The number of amides is 1. The molecule has 0 aromatic carbocycles. The third-order valence-electron chi connectivity index (χ3n) is 5.71. The van der Waals surface area contributed by atoms with Gasteiger partial charge in [0, 0.05) is 45.0 Å². The van der Waals surface area contributed by atoms with Crippen molar-refractivity contribution in [3.63, 3.8) is 0 Å². The van der Waals surface area contributed by atoms with Crippen LogP contribution in [0.25, 0.3) is 0 Å². The van der Waals surface area contributed by atoms with Crippen molar-refractivity contribution in [2.75, 3.05) is 26.3 Å². The molecule has 3 heterocycles. The molecule has 0 bridgehead atoms. The molecule has 0 atom stereocenters. The van der Waals surface area contributed by atoms with Crippen LogP contribution in [-0.4, -0.2) is 46.7 Å². The quantitative estimate of drug-likeness (QED) is 0.889. The van der Waals surface area contributed by atoms with Gasteiger partial charge in [0.25, 0.3) is 0 Å². The summed E-state index contributed by atoms with van der Waals surface area (Å²) in [5.74, 6) is 2.35. The molecular weight excluding hydrogens is 304 g/mol. The molecule has 1 N–H and O–H groups in total. The highest BCUT2D eigenvalue weighted by Gasteiger charge is 2.26. The van der Waals surface area contributed by atoms with E-state index in [0.29, 0.717) is 6.54 Å². The molecule has 1 saturated carbocycles. The Morgan fingerprint density at radius 1 is 1.25 bits per heavy atom. The van der Waals surface area contributed by atoms with Gasteiger partial charge >= 0.3 is 0 Å². The van der Waals surface area contributed by atoms with Crippen molar-refractivity contribution in [1.29, 1.82) is 0 Å². The Bertz CT molecular complexity index is 576. The molecule has 2 fully saturated rings. The van der Waals surface area contributed by atoms with Crippen molar-refractivity contribution in [2.45, 2.75) is 51.7 Å². The predicted molar refractivity (Wildman–Crippen MR) is 90.2 cm³/mol. The minimum absolute atomic E-state index is 0.202. The number of nitrogens with one attached hydrogen (secondary N) is 1. The molecule has 1 aromatic heterocycles. The standard InChI is InChI=1S/C18H28N4O2/c23-18(15-2-1-3-15)19-10-16-12-22-7-6-21(13-17(22)20-16)11-14-4-8-24-9-5-14/h12,14-15H,1-11,13H2,(H,19,23). The first kappa shape index (κ1) is 16.1. The van der Waals surface area contributed by atoms with E-state index < -0.39 is 0 Å². The Balaban J connectivity index is 1.29. The van der Waals surface area contributed by atoms with Gasteiger partial charge in [-0.2, -0.15) is 0 Å². The fourth-order valence-electron chi connectivity index (χ4n) is 3.89. The number of aromatic nitrogens is 2. The maximum absolute atomic E-state index is 12.0. The monoisotopic (exact) mass is 332 g/mol. The summed E-state index contributed by atoms with van der Waals surface area (Å²) in [6.45, 7) is 6.57. The fraction of sp³-hybridized carbons (Fsp3) is 0.778. The number of carbonyl (C=O) groups excluding carboxylic acids is 1. The van der Waals surface area contributed by atoms with Gasteiger partial charge in [-0.25, -0.2) is 4.98 Å². The minimum atomic E-state index is 0.202. The summed E-state index contributed by atoms with van der Waals surface area (Å²) in [6, 6.07) is 0. The first-order valence-corrected chi connectivity index (χ1v) is 9.40. The number of fused-ring (bicyclic) bond motifs is 1. The Labute approximate surface area is 143 Å². The lowest BCUT2D eigenvalue weighted by atomic mass is 9.85. The van der Waals surface area contributed by atoms with Crippen molar-refractivity contribution in [3.05, 3.63) is 17.7 Å². The van der Waals surface area contributed by atoms with Crippen LogP contribution < -0.4 is 5.32 Å². The molecule has 1 aromatic rings. The highest BCUT2D eigenvalue weighted by atomic mass is 16.5. The Morgan fingerprint density at radius 3 is 2.83 bits per heavy atom. The van der Waals surface area contributed by atoms with Crippen molar-refractivity contribution < 1.29 is 9.53 Å². The van der Waals surface area contributed by atoms with Crippen molar-refractivity contribution in [1.82, 2.24) is 19.8 Å². The van der Waals surface area contributed by atoms with Crippen LogP contribution >= 0.6 is 0 Å². The SMILES string of the molecule is O=C(NCc1cn2c(n1)CN(CC1CCOCC1)CC2)C1CCC1. The second kappa shape index (κ2) is 7.23. The number of hydrogen-bond donors (Lipinski definition) is 1. The van der Waals surface area contributed by atoms with Gasteiger partial charge in [0.1, 0.15) is 5.82 Å². The second-order valence-electron chi connectivity index (χ2n) is 7.48. The summed E-state index contributed by atoms with van der Waals surface area (Å²) in [7, 11) is 0. The van der Waals surface area contributed by atoms with Gasteiger partial charge in [0.15, 0.2) is 0 Å². The molecule has 1 aliphatic carbocycles. The third kappa shape index (κ3) is 3.64. The number of ether oxygens (including phenoxy) is 1. The van der Waals surface area contributed by atoms with Crippen molar-refractivity contribution in [3.8, 4) is 0 Å². The summed E-state index contributed by atoms with van der Waals surface area (Å²) >= 11 is 0. The van der Waals surface area contributed by atoms with Crippen LogP contribution in [0, 0.1) is 11.8 Å². The normalized spacial score (nSPS) is 22.8. The van der Waals surface area contributed by atoms with Gasteiger partial charge in [0.05, 0.1) is 18.8 Å². The molecule has 0 radical (unpaired) electrons. The fourth-order valence-corrected chi connectivity index (χ4v) is 3.89. The average Bonchev–Trinajstić information content (AvgIpc) is 2.94. The first-order chi connectivity index (χ1) is 11.8. The molecule has 24 heavy (non-hydrogen) atoms. The van der Waals surface area contributed by atoms with E-state index >= 15 is 0 Å². The molecule has 2 aliphatic heterocycles. The highest BCUT2D eigenvalue weighted by molar-refractivity contribution is 5.79. The number of hydrogen-bond acceptors (Lipinski definition) is 4. The van der Waals surface area contributed by atoms with Crippen LogP contribution in [0.5, 0.6) is 0 Å². The zero-order chi connectivity index (χ0) is 16.4. The molecule has 6 nitrogen and oxygen atoms in total. The van der Waals surface area contributed by atoms with Gasteiger partial charge < -0.3 is 14.6 Å². The lowest BCUT2D eigenvalue weighted by molar-refractivity contribution is -0.127. The Morgan fingerprint density at radius 2 is 2.08 bits per heavy atom. The number of nitrogens with zero attached hydrogens (tertiary/aromatic N) is 3. The van der Waals surface area contributed by atoms with Gasteiger partial charge in [0.2, 0.25) is 5.91 Å². The predicted octanol–water partition coefficient (Wildman–Crippen LogP) is 1.54. The van der Waals surface area contributed by atoms with E-state index in [1.54, 1.807) is 0 Å². The maximum Gasteiger partial charge on any atom is 0.223 e. The van der Waals surface area contributed by atoms with E-state index in [2.05, 4.69) is 21.0 Å². The maximum atomic E-state index is 12.0. The first-order valence-electron chi connectivity index (χ1n) is 9.40. The summed E-state index contributed by atoms with van der Waals surface area (Å²) in [6.07, 6.45) is 7.77. The topological polar surface area (TPSA) is 59.4 Å². The molecule has 0 spiro atoms. The van der Waals surface area contributed by atoms with Crippen LogP contribution in [0.2, 0.25) is 0 Å². The van der Waals surface area contributed by atoms with Crippen molar-refractivity contribution in [2.24, 2.45) is 11.8 Å². The highest BCUT2D eigenvalue weighted by Crippen LogP contribution is 2.26. The van der Waals surface area contributed by atoms with E-state index in [0.717, 1.165) is 69.7 Å². The largest absolute Gasteiger partial charge is 0.381 e. The van der Waals surface area contributed by atoms with E-state index in [1.165, 1.54) is 19.3 Å². The van der Waals surface area contributed by atoms with Gasteiger partial charge in [-0.3, -0.25) is 9.69 Å². The average molecular weight is 332 g/mol. The van der Waals surface area contributed by atoms with Crippen LogP contribution in [0.4, 0.5) is 0 Å². The van der Waals surface area contributed by atoms with E-state index in [1.807, 2.05) is 0 Å². The molecular formula is C18H28N4O2. The van der Waals surface area contributed by atoms with E-state index in [-0.39, 0.29) is 11.8 Å². The lowest BCUT2D eigenvalue weighted by Crippen LogP contribution is -2.38. The summed E-state index contributed by atoms with van der Waals surface area (Å²) in [5, 5.41) is 3.04. The van der Waals surface area contributed by atoms with Crippen LogP contribution in [0.1, 0.15) is 43.6 Å². The molecule has 4 rings (SSSR count). The second-order valence-corrected chi connectivity index (χ2v) is 7.48. The molecule has 1 saturated heterocycles. The Hall–Kier alpha value is -1.40. The van der Waals surface area contributed by atoms with Crippen LogP contribution in [0.3, 0.4) is 0 Å². The minimum Gasteiger partial charge on any atom is -0.381 e. The summed E-state index contributed by atoms with van der Waals surface area (Å²) < 4.78 is 7.71. The van der Waals surface area contributed by atoms with Gasteiger partial charge in [-0.1, -0.05) is 6.42 Å². The summed E-state index contributed by atoms with van der Waals surface area (Å²) in [5.41, 5.74) is 0.991. The Kier molecular flexibility index (Phi) is 4.85. The van der Waals surface area contributed by atoms with E-state index in [9.17, 15) is 4.79 Å². The molecule has 3 aliphatic rings. The van der Waals surface area contributed by atoms with Crippen molar-refractivity contribution >= 4 is 5.91 Å². The number of carbonyl (C=O) groups is 1.